The molecule has 0 saturated carbocycles. The number of nitriles is 1. The van der Waals surface area contributed by atoms with E-state index in [1.54, 1.807) is 18.9 Å². The van der Waals surface area contributed by atoms with Gasteiger partial charge in [0.1, 0.15) is 6.04 Å². The van der Waals surface area contributed by atoms with Gasteiger partial charge < -0.3 is 4.74 Å². The van der Waals surface area contributed by atoms with E-state index in [4.69, 9.17) is 15.8 Å². The molecule has 0 aromatic carbocycles. The lowest BCUT2D eigenvalue weighted by Gasteiger charge is -2.26. The maximum atomic E-state index is 11.4. The molecule has 6 nitrogen and oxygen atoms in total. The third-order valence-corrected chi connectivity index (χ3v) is 2.08. The minimum Gasteiger partial charge on any atom is -0.383 e. The molecule has 0 aromatic rings. The van der Waals surface area contributed by atoms with Crippen molar-refractivity contribution in [1.82, 2.24) is 10.3 Å². The Labute approximate surface area is 89.9 Å². The van der Waals surface area contributed by atoms with Gasteiger partial charge >= 0.3 is 0 Å². The lowest BCUT2D eigenvalue weighted by atomic mass is 10.1. The number of ether oxygens (including phenoxy) is 1. The van der Waals surface area contributed by atoms with Crippen LogP contribution in [0.2, 0.25) is 0 Å². The molecule has 15 heavy (non-hydrogen) atoms. The van der Waals surface area contributed by atoms with Gasteiger partial charge in [0.25, 0.3) is 5.91 Å². The van der Waals surface area contributed by atoms with Gasteiger partial charge in [0.15, 0.2) is 0 Å². The Hall–Kier alpha value is -1.16. The van der Waals surface area contributed by atoms with E-state index in [1.807, 2.05) is 0 Å². The van der Waals surface area contributed by atoms with Gasteiger partial charge in [-0.1, -0.05) is 0 Å². The van der Waals surface area contributed by atoms with E-state index in [1.165, 1.54) is 7.11 Å². The molecule has 0 aromatic heterocycles. The second-order valence-corrected chi connectivity index (χ2v) is 3.45. The largest absolute Gasteiger partial charge is 0.383 e. The average Bonchev–Trinajstić information content (AvgIpc) is 2.24. The van der Waals surface area contributed by atoms with Crippen LogP contribution in [0.3, 0.4) is 0 Å². The molecule has 0 heterocycles. The van der Waals surface area contributed by atoms with Gasteiger partial charge in [0.2, 0.25) is 0 Å². The molecule has 0 aliphatic heterocycles. The van der Waals surface area contributed by atoms with E-state index in [2.05, 4.69) is 11.5 Å². The van der Waals surface area contributed by atoms with Gasteiger partial charge in [-0.25, -0.2) is 5.84 Å². The highest BCUT2D eigenvalue weighted by Crippen LogP contribution is 2.02. The van der Waals surface area contributed by atoms with Crippen molar-refractivity contribution in [2.24, 2.45) is 11.8 Å². The number of hydrogen-bond acceptors (Lipinski definition) is 5. The van der Waals surface area contributed by atoms with Crippen LogP contribution in [0.5, 0.6) is 0 Å². The van der Waals surface area contributed by atoms with Gasteiger partial charge in [-0.2, -0.15) is 5.26 Å². The number of rotatable bonds is 6. The number of carbonyl (C=O) groups is 1. The molecule has 0 fully saturated rings. The number of methoxy groups -OCH3 is 1. The first kappa shape index (κ1) is 13.8. The van der Waals surface area contributed by atoms with Crippen molar-refractivity contribution in [3.8, 4) is 6.07 Å². The Morgan fingerprint density at radius 3 is 2.73 bits per heavy atom. The Morgan fingerprint density at radius 2 is 2.33 bits per heavy atom. The first-order chi connectivity index (χ1) is 7.06. The standard InChI is InChI=1S/C9H18N4O2/c1-7(4-10)5-13(2)8(6-15-3)9(14)12-11/h7-8H,5-6,11H2,1-3H3,(H,12,14). The third kappa shape index (κ3) is 4.74. The molecular weight excluding hydrogens is 196 g/mol. The van der Waals surface area contributed by atoms with Crippen molar-refractivity contribution >= 4 is 5.91 Å². The summed E-state index contributed by atoms with van der Waals surface area (Å²) in [4.78, 5) is 13.1. The Balaban J connectivity index is 4.35. The van der Waals surface area contributed by atoms with E-state index in [0.29, 0.717) is 6.54 Å². The molecule has 0 aliphatic rings. The second-order valence-electron chi connectivity index (χ2n) is 3.45. The zero-order chi connectivity index (χ0) is 11.8. The normalized spacial score (nSPS) is 14.4. The molecule has 0 spiro atoms. The number of hydrogen-bond donors (Lipinski definition) is 2. The Morgan fingerprint density at radius 1 is 1.73 bits per heavy atom. The summed E-state index contributed by atoms with van der Waals surface area (Å²) in [7, 11) is 3.27. The summed E-state index contributed by atoms with van der Waals surface area (Å²) < 4.78 is 4.92. The van der Waals surface area contributed by atoms with Gasteiger partial charge in [-0.15, -0.1) is 0 Å². The van der Waals surface area contributed by atoms with Crippen molar-refractivity contribution in [2.75, 3.05) is 27.3 Å². The first-order valence-corrected chi connectivity index (χ1v) is 4.66. The number of amides is 1. The smallest absolute Gasteiger partial charge is 0.253 e. The number of carbonyl (C=O) groups excluding carboxylic acids is 1. The fourth-order valence-electron chi connectivity index (χ4n) is 1.26. The number of nitrogens with two attached hydrogens (primary N) is 1. The van der Waals surface area contributed by atoms with Crippen LogP contribution < -0.4 is 11.3 Å². The summed E-state index contributed by atoms with van der Waals surface area (Å²) in [6.45, 7) is 2.54. The van der Waals surface area contributed by atoms with E-state index in [9.17, 15) is 4.79 Å². The van der Waals surface area contributed by atoms with Crippen LogP contribution in [0.15, 0.2) is 0 Å². The van der Waals surface area contributed by atoms with Crippen molar-refractivity contribution in [2.45, 2.75) is 13.0 Å². The topological polar surface area (TPSA) is 91.4 Å². The van der Waals surface area contributed by atoms with Crippen LogP contribution in [0.4, 0.5) is 0 Å². The molecule has 0 saturated heterocycles. The summed E-state index contributed by atoms with van der Waals surface area (Å²) in [6, 6.07) is 1.64. The summed E-state index contributed by atoms with van der Waals surface area (Å²) in [5.74, 6) is 4.60. The molecule has 0 radical (unpaired) electrons. The van der Waals surface area contributed by atoms with Gasteiger partial charge in [-0.05, 0) is 14.0 Å². The molecule has 2 atom stereocenters. The Bertz CT molecular complexity index is 239. The van der Waals surface area contributed by atoms with Crippen LogP contribution in [-0.2, 0) is 9.53 Å². The number of likely N-dealkylation sites (N-methyl/N-ethyl adjacent to an activating group) is 1. The van der Waals surface area contributed by atoms with E-state index < -0.39 is 6.04 Å². The zero-order valence-electron chi connectivity index (χ0n) is 9.36. The maximum absolute atomic E-state index is 11.4. The SMILES string of the molecule is COCC(C(=O)NN)N(C)CC(C)C#N. The predicted molar refractivity (Wildman–Crippen MR) is 55.4 cm³/mol. The molecule has 2 unspecified atom stereocenters. The highest BCUT2D eigenvalue weighted by atomic mass is 16.5. The molecule has 3 N–H and O–H groups in total. The first-order valence-electron chi connectivity index (χ1n) is 4.66. The summed E-state index contributed by atoms with van der Waals surface area (Å²) in [6.07, 6.45) is 0. The predicted octanol–water partition coefficient (Wildman–Crippen LogP) is -0.917. The number of nitrogens with one attached hydrogen (secondary N) is 1. The van der Waals surface area contributed by atoms with Crippen molar-refractivity contribution in [3.05, 3.63) is 0 Å². The monoisotopic (exact) mass is 214 g/mol. The minimum absolute atomic E-state index is 0.139. The van der Waals surface area contributed by atoms with Gasteiger partial charge in [-0.3, -0.25) is 15.1 Å². The fourth-order valence-corrected chi connectivity index (χ4v) is 1.26. The maximum Gasteiger partial charge on any atom is 0.253 e. The highest BCUT2D eigenvalue weighted by molar-refractivity contribution is 5.81. The van der Waals surface area contributed by atoms with Crippen molar-refractivity contribution in [3.63, 3.8) is 0 Å². The quantitative estimate of drug-likeness (QED) is 0.339. The van der Waals surface area contributed by atoms with E-state index >= 15 is 0 Å². The molecule has 0 rings (SSSR count). The molecule has 1 amide bonds. The third-order valence-electron chi connectivity index (χ3n) is 2.08. The van der Waals surface area contributed by atoms with E-state index in [-0.39, 0.29) is 18.4 Å². The molecule has 86 valence electrons. The lowest BCUT2D eigenvalue weighted by molar-refractivity contribution is -0.128. The molecular formula is C9H18N4O2. The van der Waals surface area contributed by atoms with Crippen LogP contribution in [0.1, 0.15) is 6.92 Å². The van der Waals surface area contributed by atoms with Crippen molar-refractivity contribution < 1.29 is 9.53 Å². The number of nitrogens with zero attached hydrogens (tertiary/aromatic N) is 2. The summed E-state index contributed by atoms with van der Waals surface area (Å²) >= 11 is 0. The zero-order valence-corrected chi connectivity index (χ0v) is 9.36. The summed E-state index contributed by atoms with van der Waals surface area (Å²) in [5.41, 5.74) is 2.08. The Kier molecular flexibility index (Phi) is 6.62. The van der Waals surface area contributed by atoms with Crippen LogP contribution in [0, 0.1) is 17.2 Å². The van der Waals surface area contributed by atoms with Crippen LogP contribution in [0.25, 0.3) is 0 Å². The molecule has 6 heteroatoms. The summed E-state index contributed by atoms with van der Waals surface area (Å²) in [5, 5.41) is 8.66. The van der Waals surface area contributed by atoms with Crippen LogP contribution in [-0.4, -0.2) is 44.2 Å². The lowest BCUT2D eigenvalue weighted by Crippen LogP contribution is -2.50. The number of hydrazine groups is 1. The molecule has 0 aliphatic carbocycles. The highest BCUT2D eigenvalue weighted by Gasteiger charge is 2.23. The van der Waals surface area contributed by atoms with Gasteiger partial charge in [0, 0.05) is 13.7 Å². The van der Waals surface area contributed by atoms with E-state index in [0.717, 1.165) is 0 Å². The average molecular weight is 214 g/mol. The molecule has 0 bridgehead atoms. The van der Waals surface area contributed by atoms with Crippen molar-refractivity contribution in [1.29, 1.82) is 5.26 Å². The van der Waals surface area contributed by atoms with Gasteiger partial charge in [0.05, 0.1) is 18.6 Å². The second kappa shape index (κ2) is 7.17. The minimum atomic E-state index is -0.462. The fraction of sp³-hybridized carbons (Fsp3) is 0.778. The van der Waals surface area contributed by atoms with Crippen LogP contribution >= 0.6 is 0 Å².